The topological polar surface area (TPSA) is 49.4 Å². The van der Waals surface area contributed by atoms with E-state index < -0.39 is 12.0 Å². The van der Waals surface area contributed by atoms with Crippen molar-refractivity contribution in [2.75, 3.05) is 24.7 Å². The van der Waals surface area contributed by atoms with Crippen molar-refractivity contribution < 1.29 is 9.59 Å². The Morgan fingerprint density at radius 1 is 1.27 bits per heavy atom. The highest BCUT2D eigenvalue weighted by molar-refractivity contribution is 7.99. The summed E-state index contributed by atoms with van der Waals surface area (Å²) in [6.07, 6.45) is 3.56. The second-order valence-corrected chi connectivity index (χ2v) is 9.09. The standard InChI is InChI=1S/C20H24N2O2S2/c23-16(10-13-5-6-14-3-1-2-4-15(14)9-13)18-17(25)11-21-19(18)20(24)22-7-8-26-12-22/h1-4,13,18-19,21H,5-12H2/t13-,18?,19-/m0/s1. The number of carbonyl (C=O) groups is 2. The second-order valence-electron chi connectivity index (χ2n) is 7.49. The Kier molecular flexibility index (Phi) is 5.43. The van der Waals surface area contributed by atoms with Crippen molar-refractivity contribution in [2.24, 2.45) is 11.8 Å². The van der Waals surface area contributed by atoms with E-state index in [1.807, 2.05) is 4.90 Å². The number of hydrogen-bond acceptors (Lipinski definition) is 5. The average molecular weight is 389 g/mol. The van der Waals surface area contributed by atoms with Gasteiger partial charge in [0.05, 0.1) is 11.8 Å². The number of amides is 1. The first-order valence-corrected chi connectivity index (χ1v) is 10.9. The molecule has 1 aromatic rings. The van der Waals surface area contributed by atoms with Gasteiger partial charge in [0.15, 0.2) is 0 Å². The van der Waals surface area contributed by atoms with Gasteiger partial charge < -0.3 is 10.2 Å². The van der Waals surface area contributed by atoms with Crippen LogP contribution in [0.2, 0.25) is 0 Å². The molecule has 1 N–H and O–H groups in total. The number of hydrogen-bond donors (Lipinski definition) is 1. The molecule has 1 aromatic carbocycles. The molecule has 3 atom stereocenters. The number of nitrogens with zero attached hydrogens (tertiary/aromatic N) is 1. The molecule has 0 saturated carbocycles. The Hall–Kier alpha value is -1.24. The summed E-state index contributed by atoms with van der Waals surface area (Å²) in [6.45, 7) is 1.27. The number of thiocarbonyl (C=S) groups is 1. The van der Waals surface area contributed by atoms with Crippen molar-refractivity contribution in [3.8, 4) is 0 Å². The van der Waals surface area contributed by atoms with E-state index in [0.29, 0.717) is 23.7 Å². The van der Waals surface area contributed by atoms with Crippen LogP contribution in [0, 0.1) is 11.8 Å². The van der Waals surface area contributed by atoms with Gasteiger partial charge >= 0.3 is 0 Å². The van der Waals surface area contributed by atoms with Crippen LogP contribution < -0.4 is 5.32 Å². The Morgan fingerprint density at radius 3 is 2.85 bits per heavy atom. The lowest BCUT2D eigenvalue weighted by atomic mass is 9.79. The molecule has 0 bridgehead atoms. The number of carbonyl (C=O) groups excluding carboxylic acids is 2. The zero-order chi connectivity index (χ0) is 18.1. The fourth-order valence-electron chi connectivity index (χ4n) is 4.36. The third kappa shape index (κ3) is 3.59. The highest BCUT2D eigenvalue weighted by Crippen LogP contribution is 2.30. The molecule has 1 unspecified atom stereocenters. The molecule has 138 valence electrons. The van der Waals surface area contributed by atoms with Crippen molar-refractivity contribution in [1.82, 2.24) is 10.2 Å². The highest BCUT2D eigenvalue weighted by atomic mass is 32.2. The molecular weight excluding hydrogens is 364 g/mol. The summed E-state index contributed by atoms with van der Waals surface area (Å²) in [5, 5.41) is 3.20. The molecule has 0 spiro atoms. The fraction of sp³-hybridized carbons (Fsp3) is 0.550. The molecule has 3 aliphatic rings. The van der Waals surface area contributed by atoms with Crippen LogP contribution in [0.1, 0.15) is 24.0 Å². The first-order valence-electron chi connectivity index (χ1n) is 9.35. The minimum Gasteiger partial charge on any atom is -0.331 e. The lowest BCUT2D eigenvalue weighted by molar-refractivity contribution is -0.135. The van der Waals surface area contributed by atoms with E-state index in [4.69, 9.17) is 12.2 Å². The van der Waals surface area contributed by atoms with E-state index in [9.17, 15) is 9.59 Å². The molecule has 2 fully saturated rings. The van der Waals surface area contributed by atoms with Gasteiger partial charge in [-0.25, -0.2) is 0 Å². The maximum Gasteiger partial charge on any atom is 0.241 e. The van der Waals surface area contributed by atoms with Gasteiger partial charge in [-0.15, -0.1) is 11.8 Å². The summed E-state index contributed by atoms with van der Waals surface area (Å²) in [7, 11) is 0. The number of ketones is 1. The number of rotatable bonds is 4. The van der Waals surface area contributed by atoms with E-state index >= 15 is 0 Å². The molecule has 2 heterocycles. The fourth-order valence-corrected chi connectivity index (χ4v) is 5.67. The molecule has 4 rings (SSSR count). The summed E-state index contributed by atoms with van der Waals surface area (Å²) in [6, 6.07) is 8.06. The number of Topliss-reactive ketones (excluding diaryl/α,β-unsaturated/α-hetero) is 1. The number of thioether (sulfide) groups is 1. The van der Waals surface area contributed by atoms with E-state index in [1.165, 1.54) is 11.1 Å². The van der Waals surface area contributed by atoms with Gasteiger partial charge in [0.2, 0.25) is 5.91 Å². The monoisotopic (exact) mass is 388 g/mol. The van der Waals surface area contributed by atoms with Crippen molar-refractivity contribution in [2.45, 2.75) is 31.7 Å². The summed E-state index contributed by atoms with van der Waals surface area (Å²) in [4.78, 5) is 28.4. The van der Waals surface area contributed by atoms with Gasteiger partial charge in [0, 0.05) is 30.1 Å². The van der Waals surface area contributed by atoms with Crippen LogP contribution in [0.25, 0.3) is 0 Å². The Balaban J connectivity index is 1.43. The second kappa shape index (κ2) is 7.79. The molecule has 2 saturated heterocycles. The average Bonchev–Trinajstić information content (AvgIpc) is 3.31. The molecule has 1 amide bonds. The zero-order valence-corrected chi connectivity index (χ0v) is 16.4. The van der Waals surface area contributed by atoms with Gasteiger partial charge in [-0.05, 0) is 36.3 Å². The third-order valence-corrected chi connectivity index (χ3v) is 7.16. The molecule has 4 nitrogen and oxygen atoms in total. The number of nitrogens with one attached hydrogen (secondary N) is 1. The lowest BCUT2D eigenvalue weighted by Crippen LogP contribution is -2.47. The Morgan fingerprint density at radius 2 is 2.08 bits per heavy atom. The quantitative estimate of drug-likeness (QED) is 0.802. The number of fused-ring (bicyclic) bond motifs is 1. The first kappa shape index (κ1) is 18.1. The smallest absolute Gasteiger partial charge is 0.241 e. The maximum atomic E-state index is 13.1. The van der Waals surface area contributed by atoms with Crippen LogP contribution in [-0.4, -0.2) is 52.2 Å². The van der Waals surface area contributed by atoms with Gasteiger partial charge in [0.1, 0.15) is 11.8 Å². The van der Waals surface area contributed by atoms with Gasteiger partial charge in [-0.2, -0.15) is 0 Å². The third-order valence-electron chi connectivity index (χ3n) is 5.79. The van der Waals surface area contributed by atoms with Crippen molar-refractivity contribution >= 4 is 40.5 Å². The molecule has 0 radical (unpaired) electrons. The minimum atomic E-state index is -0.454. The van der Waals surface area contributed by atoms with E-state index in [2.05, 4.69) is 29.6 Å². The number of aryl methyl sites for hydroxylation is 1. The SMILES string of the molecule is O=C(C[C@H]1CCc2ccccc2C1)C1C(=S)CN[C@@H]1C(=O)N1CCSC1. The van der Waals surface area contributed by atoms with Gasteiger partial charge in [0.25, 0.3) is 0 Å². The van der Waals surface area contributed by atoms with Crippen LogP contribution >= 0.6 is 24.0 Å². The van der Waals surface area contributed by atoms with E-state index in [0.717, 1.165) is 37.4 Å². The summed E-state index contributed by atoms with van der Waals surface area (Å²) >= 11 is 7.22. The van der Waals surface area contributed by atoms with Crippen LogP contribution in [0.3, 0.4) is 0 Å². The number of benzene rings is 1. The maximum absolute atomic E-state index is 13.1. The van der Waals surface area contributed by atoms with Gasteiger partial charge in [-0.1, -0.05) is 36.5 Å². The predicted molar refractivity (Wildman–Crippen MR) is 108 cm³/mol. The molecule has 2 aliphatic heterocycles. The molecule has 1 aliphatic carbocycles. The van der Waals surface area contributed by atoms with Crippen molar-refractivity contribution in [3.05, 3.63) is 35.4 Å². The minimum absolute atomic E-state index is 0.0437. The van der Waals surface area contributed by atoms with Crippen LogP contribution in [-0.2, 0) is 22.4 Å². The molecule has 0 aromatic heterocycles. The Labute approximate surface area is 164 Å². The predicted octanol–water partition coefficient (Wildman–Crippen LogP) is 2.24. The molecular formula is C20H24N2O2S2. The Bertz CT molecular complexity index is 730. The first-order chi connectivity index (χ1) is 12.6. The van der Waals surface area contributed by atoms with Crippen LogP contribution in [0.5, 0.6) is 0 Å². The van der Waals surface area contributed by atoms with Crippen LogP contribution in [0.4, 0.5) is 0 Å². The van der Waals surface area contributed by atoms with Crippen LogP contribution in [0.15, 0.2) is 24.3 Å². The molecule has 6 heteroatoms. The summed E-state index contributed by atoms with van der Waals surface area (Å²) in [5.74, 6) is 1.82. The van der Waals surface area contributed by atoms with Crippen molar-refractivity contribution in [1.29, 1.82) is 0 Å². The lowest BCUT2D eigenvalue weighted by Gasteiger charge is -2.27. The zero-order valence-electron chi connectivity index (χ0n) is 14.8. The summed E-state index contributed by atoms with van der Waals surface area (Å²) < 4.78 is 0. The van der Waals surface area contributed by atoms with E-state index in [-0.39, 0.29) is 11.7 Å². The highest BCUT2D eigenvalue weighted by Gasteiger charge is 2.43. The largest absolute Gasteiger partial charge is 0.331 e. The summed E-state index contributed by atoms with van der Waals surface area (Å²) in [5.41, 5.74) is 2.78. The van der Waals surface area contributed by atoms with Crippen molar-refractivity contribution in [3.63, 3.8) is 0 Å². The normalized spacial score (nSPS) is 28.2. The van der Waals surface area contributed by atoms with Gasteiger partial charge in [-0.3, -0.25) is 9.59 Å². The molecule has 26 heavy (non-hydrogen) atoms. The van der Waals surface area contributed by atoms with E-state index in [1.54, 1.807) is 11.8 Å².